The fraction of sp³-hybridized carbons (Fsp3) is 0.103. The van der Waals surface area contributed by atoms with Crippen molar-refractivity contribution in [2.45, 2.75) is 12.3 Å². The van der Waals surface area contributed by atoms with Crippen LogP contribution in [0.25, 0.3) is 0 Å². The van der Waals surface area contributed by atoms with E-state index in [1.54, 1.807) is 24.3 Å². The molecule has 0 aliphatic heterocycles. The Bertz CT molecular complexity index is 1170. The molecule has 0 heterocycles. The zero-order chi connectivity index (χ0) is 23.6. The lowest BCUT2D eigenvalue weighted by Gasteiger charge is -2.18. The van der Waals surface area contributed by atoms with Crippen LogP contribution in [0.3, 0.4) is 0 Å². The van der Waals surface area contributed by atoms with Gasteiger partial charge in [0.2, 0.25) is 5.91 Å². The highest BCUT2D eigenvalue weighted by Gasteiger charge is 2.23. The van der Waals surface area contributed by atoms with Gasteiger partial charge in [0.05, 0.1) is 12.5 Å². The number of carbonyl (C=O) groups excluding carboxylic acids is 2. The van der Waals surface area contributed by atoms with Crippen LogP contribution in [0.4, 0.5) is 0 Å². The molecule has 0 fully saturated rings. The summed E-state index contributed by atoms with van der Waals surface area (Å²) >= 11 is 0. The Morgan fingerprint density at radius 1 is 0.676 bits per heavy atom. The molecule has 0 spiro atoms. The minimum atomic E-state index is -0.546. The topological polar surface area (TPSA) is 67.4 Å². The van der Waals surface area contributed by atoms with E-state index in [0.29, 0.717) is 17.9 Å². The van der Waals surface area contributed by atoms with Gasteiger partial charge in [0.15, 0.2) is 0 Å². The average molecular weight is 451 g/mol. The zero-order valence-corrected chi connectivity index (χ0v) is 18.7. The van der Waals surface area contributed by atoms with E-state index in [9.17, 15) is 9.59 Å². The Labute approximate surface area is 199 Å². The maximum atomic E-state index is 13.1. The SMILES string of the molecule is O=C(NNC(=O)C(c1ccccc1)c1ccccc1)c1cccc(OCCc2ccccc2)c1. The monoisotopic (exact) mass is 450 g/mol. The maximum absolute atomic E-state index is 13.1. The number of hydrogen-bond acceptors (Lipinski definition) is 3. The van der Waals surface area contributed by atoms with Crippen molar-refractivity contribution in [3.05, 3.63) is 138 Å². The molecule has 0 radical (unpaired) electrons. The van der Waals surface area contributed by atoms with E-state index in [-0.39, 0.29) is 5.91 Å². The van der Waals surface area contributed by atoms with Crippen LogP contribution in [0.15, 0.2) is 115 Å². The third kappa shape index (κ3) is 6.11. The van der Waals surface area contributed by atoms with Gasteiger partial charge in [0, 0.05) is 12.0 Å². The van der Waals surface area contributed by atoms with Gasteiger partial charge in [-0.1, -0.05) is 97.1 Å². The summed E-state index contributed by atoms with van der Waals surface area (Å²) in [6, 6.07) is 35.9. The van der Waals surface area contributed by atoms with Crippen molar-refractivity contribution in [2.24, 2.45) is 0 Å². The Morgan fingerprint density at radius 3 is 1.88 bits per heavy atom. The molecule has 2 N–H and O–H groups in total. The van der Waals surface area contributed by atoms with Gasteiger partial charge in [0.1, 0.15) is 5.75 Å². The van der Waals surface area contributed by atoms with Crippen LogP contribution in [0, 0.1) is 0 Å². The largest absolute Gasteiger partial charge is 0.493 e. The molecule has 0 aliphatic carbocycles. The van der Waals surface area contributed by atoms with Crippen LogP contribution >= 0.6 is 0 Å². The zero-order valence-electron chi connectivity index (χ0n) is 18.7. The number of ether oxygens (including phenoxy) is 1. The van der Waals surface area contributed by atoms with Crippen LogP contribution in [0.5, 0.6) is 5.75 Å². The van der Waals surface area contributed by atoms with Gasteiger partial charge in [-0.15, -0.1) is 0 Å². The van der Waals surface area contributed by atoms with Crippen molar-refractivity contribution < 1.29 is 14.3 Å². The molecule has 4 aromatic rings. The molecule has 0 aromatic heterocycles. The highest BCUT2D eigenvalue weighted by molar-refractivity contribution is 5.96. The molecule has 170 valence electrons. The number of nitrogens with one attached hydrogen (secondary N) is 2. The fourth-order valence-corrected chi connectivity index (χ4v) is 3.71. The average Bonchev–Trinajstić information content (AvgIpc) is 2.89. The first-order valence-corrected chi connectivity index (χ1v) is 11.2. The van der Waals surface area contributed by atoms with Crippen molar-refractivity contribution >= 4 is 11.8 Å². The number of rotatable bonds is 8. The van der Waals surface area contributed by atoms with Crippen molar-refractivity contribution in [3.63, 3.8) is 0 Å². The summed E-state index contributed by atoms with van der Waals surface area (Å²) < 4.78 is 5.81. The predicted octanol–water partition coefficient (Wildman–Crippen LogP) is 4.90. The normalized spacial score (nSPS) is 10.5. The second kappa shape index (κ2) is 11.5. The lowest BCUT2D eigenvalue weighted by molar-refractivity contribution is -0.122. The molecule has 5 nitrogen and oxygen atoms in total. The van der Waals surface area contributed by atoms with Crippen molar-refractivity contribution in [1.82, 2.24) is 10.9 Å². The molecule has 0 aliphatic rings. The summed E-state index contributed by atoms with van der Waals surface area (Å²) in [4.78, 5) is 25.8. The number of hydrogen-bond donors (Lipinski definition) is 2. The van der Waals surface area contributed by atoms with Gasteiger partial charge < -0.3 is 4.74 Å². The summed E-state index contributed by atoms with van der Waals surface area (Å²) in [5.41, 5.74) is 8.38. The molecular weight excluding hydrogens is 424 g/mol. The highest BCUT2D eigenvalue weighted by Crippen LogP contribution is 2.24. The Kier molecular flexibility index (Phi) is 7.70. The number of amides is 2. The predicted molar refractivity (Wildman–Crippen MR) is 132 cm³/mol. The third-order valence-corrected chi connectivity index (χ3v) is 5.43. The van der Waals surface area contributed by atoms with Crippen LogP contribution in [-0.2, 0) is 11.2 Å². The number of hydrazine groups is 1. The smallest absolute Gasteiger partial charge is 0.269 e. The molecule has 34 heavy (non-hydrogen) atoms. The van der Waals surface area contributed by atoms with E-state index in [0.717, 1.165) is 17.5 Å². The van der Waals surface area contributed by atoms with E-state index in [4.69, 9.17) is 4.74 Å². The first kappa shape index (κ1) is 22.8. The molecule has 0 unspecified atom stereocenters. The summed E-state index contributed by atoms with van der Waals surface area (Å²) in [5.74, 6) is -0.681. The molecule has 0 saturated heterocycles. The summed E-state index contributed by atoms with van der Waals surface area (Å²) in [6.45, 7) is 0.502. The number of carbonyl (C=O) groups is 2. The second-order valence-electron chi connectivity index (χ2n) is 7.81. The number of benzene rings is 4. The van der Waals surface area contributed by atoms with Crippen molar-refractivity contribution in [1.29, 1.82) is 0 Å². The Balaban J connectivity index is 1.37. The molecule has 0 bridgehead atoms. The Hall–Kier alpha value is -4.38. The lowest BCUT2D eigenvalue weighted by atomic mass is 9.91. The third-order valence-electron chi connectivity index (χ3n) is 5.43. The van der Waals surface area contributed by atoms with E-state index in [2.05, 4.69) is 10.9 Å². The summed E-state index contributed by atoms with van der Waals surface area (Å²) in [5, 5.41) is 0. The van der Waals surface area contributed by atoms with Gasteiger partial charge in [-0.05, 0) is 34.9 Å². The van der Waals surface area contributed by atoms with Crippen LogP contribution in [-0.4, -0.2) is 18.4 Å². The molecule has 4 aromatic carbocycles. The lowest BCUT2D eigenvalue weighted by Crippen LogP contribution is -2.44. The summed E-state index contributed by atoms with van der Waals surface area (Å²) in [6.07, 6.45) is 0.772. The minimum Gasteiger partial charge on any atom is -0.493 e. The van der Waals surface area contributed by atoms with Gasteiger partial charge in [-0.2, -0.15) is 0 Å². The molecule has 0 atom stereocenters. The molecule has 2 amide bonds. The molecule has 5 heteroatoms. The van der Waals surface area contributed by atoms with E-state index in [1.807, 2.05) is 91.0 Å². The standard InChI is InChI=1S/C29H26N2O3/c32-28(25-17-10-18-26(21-25)34-20-19-22-11-4-1-5-12-22)30-31-29(33)27(23-13-6-2-7-14-23)24-15-8-3-9-16-24/h1-18,21,27H,19-20H2,(H,30,32)(H,31,33). The molecule has 0 saturated carbocycles. The molecular formula is C29H26N2O3. The van der Waals surface area contributed by atoms with Gasteiger partial charge in [-0.3, -0.25) is 20.4 Å². The van der Waals surface area contributed by atoms with Crippen molar-refractivity contribution in [3.8, 4) is 5.75 Å². The van der Waals surface area contributed by atoms with Crippen molar-refractivity contribution in [2.75, 3.05) is 6.61 Å². The maximum Gasteiger partial charge on any atom is 0.269 e. The van der Waals surface area contributed by atoms with Crippen LogP contribution in [0.1, 0.15) is 33.0 Å². The van der Waals surface area contributed by atoms with Gasteiger partial charge >= 0.3 is 0 Å². The van der Waals surface area contributed by atoms with E-state index < -0.39 is 11.8 Å². The van der Waals surface area contributed by atoms with Crippen LogP contribution < -0.4 is 15.6 Å². The summed E-state index contributed by atoms with van der Waals surface area (Å²) in [7, 11) is 0. The van der Waals surface area contributed by atoms with Gasteiger partial charge in [-0.25, -0.2) is 0 Å². The fourth-order valence-electron chi connectivity index (χ4n) is 3.71. The molecule has 4 rings (SSSR count). The van der Waals surface area contributed by atoms with E-state index in [1.165, 1.54) is 5.56 Å². The van der Waals surface area contributed by atoms with Gasteiger partial charge in [0.25, 0.3) is 5.91 Å². The Morgan fingerprint density at radius 2 is 1.26 bits per heavy atom. The van der Waals surface area contributed by atoms with Crippen LogP contribution in [0.2, 0.25) is 0 Å². The van der Waals surface area contributed by atoms with E-state index >= 15 is 0 Å². The second-order valence-corrected chi connectivity index (χ2v) is 7.81. The highest BCUT2D eigenvalue weighted by atomic mass is 16.5. The first-order valence-electron chi connectivity index (χ1n) is 11.2. The first-order chi connectivity index (χ1) is 16.7. The minimum absolute atomic E-state index is 0.319. The quantitative estimate of drug-likeness (QED) is 0.375.